The van der Waals surface area contributed by atoms with Crippen LogP contribution in [0.5, 0.6) is 5.75 Å². The monoisotopic (exact) mass is 283 g/mol. The van der Waals surface area contributed by atoms with Gasteiger partial charge in [0.2, 0.25) is 0 Å². The molecule has 2 nitrogen and oxygen atoms in total. The fourth-order valence-electron chi connectivity index (χ4n) is 2.52. The van der Waals surface area contributed by atoms with Crippen molar-refractivity contribution in [3.05, 3.63) is 65.2 Å². The maximum Gasteiger partial charge on any atom is 0.119 e. The molecule has 21 heavy (non-hydrogen) atoms. The lowest BCUT2D eigenvalue weighted by molar-refractivity contribution is 0.340. The van der Waals surface area contributed by atoms with E-state index in [1.54, 1.807) is 0 Å². The summed E-state index contributed by atoms with van der Waals surface area (Å²) in [5.74, 6) is 0.925. The normalized spacial score (nSPS) is 12.1. The Morgan fingerprint density at radius 2 is 1.57 bits per heavy atom. The molecule has 0 aliphatic rings. The first kappa shape index (κ1) is 15.6. The van der Waals surface area contributed by atoms with Gasteiger partial charge in [0.25, 0.3) is 0 Å². The first-order valence-corrected chi connectivity index (χ1v) is 7.76. The van der Waals surface area contributed by atoms with Crippen molar-refractivity contribution >= 4 is 0 Å². The second kappa shape index (κ2) is 7.84. The Hall–Kier alpha value is -1.80. The summed E-state index contributed by atoms with van der Waals surface area (Å²) in [5.41, 5.74) is 10.2. The minimum Gasteiger partial charge on any atom is -0.494 e. The highest BCUT2D eigenvalue weighted by Gasteiger charge is 2.06. The average Bonchev–Trinajstić information content (AvgIpc) is 2.48. The molecule has 2 rings (SSSR count). The number of aryl methyl sites for hydroxylation is 1. The van der Waals surface area contributed by atoms with Gasteiger partial charge in [0.1, 0.15) is 5.75 Å². The first-order valence-electron chi connectivity index (χ1n) is 7.76. The maximum atomic E-state index is 6.29. The summed E-state index contributed by atoms with van der Waals surface area (Å²) in [6.45, 7) is 4.86. The SMILES string of the molecule is CCOc1cccc(CC(N)Cc2ccc(CC)cc2)c1. The van der Waals surface area contributed by atoms with Crippen LogP contribution in [-0.4, -0.2) is 12.6 Å². The highest BCUT2D eigenvalue weighted by molar-refractivity contribution is 5.29. The molecule has 0 bridgehead atoms. The lowest BCUT2D eigenvalue weighted by Crippen LogP contribution is -2.25. The summed E-state index contributed by atoms with van der Waals surface area (Å²) in [5, 5.41) is 0. The van der Waals surface area contributed by atoms with Crippen LogP contribution in [0.2, 0.25) is 0 Å². The van der Waals surface area contributed by atoms with Crippen LogP contribution in [0.4, 0.5) is 0 Å². The molecule has 0 fully saturated rings. The van der Waals surface area contributed by atoms with Gasteiger partial charge in [-0.05, 0) is 55.0 Å². The van der Waals surface area contributed by atoms with E-state index in [1.807, 2.05) is 19.1 Å². The summed E-state index contributed by atoms with van der Waals surface area (Å²) in [7, 11) is 0. The summed E-state index contributed by atoms with van der Waals surface area (Å²) >= 11 is 0. The molecular formula is C19H25NO. The van der Waals surface area contributed by atoms with E-state index in [0.717, 1.165) is 25.0 Å². The van der Waals surface area contributed by atoms with E-state index in [1.165, 1.54) is 16.7 Å². The maximum absolute atomic E-state index is 6.29. The van der Waals surface area contributed by atoms with E-state index in [9.17, 15) is 0 Å². The molecule has 1 unspecified atom stereocenters. The number of ether oxygens (including phenoxy) is 1. The lowest BCUT2D eigenvalue weighted by Gasteiger charge is -2.13. The molecule has 2 aromatic rings. The van der Waals surface area contributed by atoms with Gasteiger partial charge in [-0.25, -0.2) is 0 Å². The standard InChI is InChI=1S/C19H25NO/c1-3-15-8-10-16(11-9-15)12-18(20)13-17-6-5-7-19(14-17)21-4-2/h5-11,14,18H,3-4,12-13,20H2,1-2H3. The number of rotatable bonds is 7. The van der Waals surface area contributed by atoms with E-state index in [4.69, 9.17) is 10.5 Å². The zero-order valence-electron chi connectivity index (χ0n) is 13.0. The van der Waals surface area contributed by atoms with Gasteiger partial charge in [-0.15, -0.1) is 0 Å². The van der Waals surface area contributed by atoms with Crippen molar-refractivity contribution in [1.29, 1.82) is 0 Å². The van der Waals surface area contributed by atoms with Crippen molar-refractivity contribution in [3.8, 4) is 5.75 Å². The quantitative estimate of drug-likeness (QED) is 0.839. The third kappa shape index (κ3) is 4.91. The Kier molecular flexibility index (Phi) is 5.82. The van der Waals surface area contributed by atoms with Gasteiger partial charge in [-0.1, -0.05) is 43.3 Å². The Labute approximate surface area is 127 Å². The van der Waals surface area contributed by atoms with E-state index >= 15 is 0 Å². The van der Waals surface area contributed by atoms with Crippen molar-refractivity contribution in [2.75, 3.05) is 6.61 Å². The van der Waals surface area contributed by atoms with Crippen LogP contribution in [0.3, 0.4) is 0 Å². The molecule has 2 N–H and O–H groups in total. The Morgan fingerprint density at radius 1 is 0.905 bits per heavy atom. The molecule has 0 saturated heterocycles. The van der Waals surface area contributed by atoms with E-state index in [2.05, 4.69) is 43.3 Å². The molecule has 0 saturated carbocycles. The summed E-state index contributed by atoms with van der Waals surface area (Å²) in [4.78, 5) is 0. The smallest absolute Gasteiger partial charge is 0.119 e. The molecule has 112 valence electrons. The topological polar surface area (TPSA) is 35.2 Å². The number of hydrogen-bond donors (Lipinski definition) is 1. The van der Waals surface area contributed by atoms with Crippen molar-refractivity contribution < 1.29 is 4.74 Å². The third-order valence-electron chi connectivity index (χ3n) is 3.64. The molecule has 0 aromatic heterocycles. The average molecular weight is 283 g/mol. The van der Waals surface area contributed by atoms with Crippen LogP contribution in [0.25, 0.3) is 0 Å². The minimum absolute atomic E-state index is 0.134. The lowest BCUT2D eigenvalue weighted by atomic mass is 9.98. The molecular weight excluding hydrogens is 258 g/mol. The van der Waals surface area contributed by atoms with Gasteiger partial charge >= 0.3 is 0 Å². The molecule has 0 aliphatic carbocycles. The molecule has 0 radical (unpaired) electrons. The molecule has 2 aromatic carbocycles. The summed E-state index contributed by atoms with van der Waals surface area (Å²) in [6.07, 6.45) is 2.86. The van der Waals surface area contributed by atoms with Gasteiger partial charge in [0.05, 0.1) is 6.61 Å². The predicted octanol–water partition coefficient (Wildman–Crippen LogP) is 3.76. The Balaban J connectivity index is 1.94. The Morgan fingerprint density at radius 3 is 2.24 bits per heavy atom. The highest BCUT2D eigenvalue weighted by Crippen LogP contribution is 2.15. The summed E-state index contributed by atoms with van der Waals surface area (Å²) < 4.78 is 5.53. The zero-order valence-corrected chi connectivity index (χ0v) is 13.0. The van der Waals surface area contributed by atoms with E-state index in [-0.39, 0.29) is 6.04 Å². The molecule has 0 amide bonds. The van der Waals surface area contributed by atoms with Crippen LogP contribution in [0.15, 0.2) is 48.5 Å². The van der Waals surface area contributed by atoms with Crippen LogP contribution in [0.1, 0.15) is 30.5 Å². The van der Waals surface area contributed by atoms with Crippen LogP contribution in [0, 0.1) is 0 Å². The van der Waals surface area contributed by atoms with Gasteiger partial charge in [-0.2, -0.15) is 0 Å². The molecule has 1 atom stereocenters. The molecule has 2 heteroatoms. The van der Waals surface area contributed by atoms with Crippen molar-refractivity contribution in [2.45, 2.75) is 39.2 Å². The number of hydrogen-bond acceptors (Lipinski definition) is 2. The van der Waals surface area contributed by atoms with E-state index in [0.29, 0.717) is 6.61 Å². The van der Waals surface area contributed by atoms with Crippen LogP contribution in [-0.2, 0) is 19.3 Å². The highest BCUT2D eigenvalue weighted by atomic mass is 16.5. The molecule has 0 spiro atoms. The molecule has 0 aliphatic heterocycles. The molecule has 0 heterocycles. The van der Waals surface area contributed by atoms with Crippen LogP contribution >= 0.6 is 0 Å². The van der Waals surface area contributed by atoms with Crippen molar-refractivity contribution in [1.82, 2.24) is 0 Å². The number of benzene rings is 2. The van der Waals surface area contributed by atoms with Crippen molar-refractivity contribution in [2.24, 2.45) is 5.73 Å². The van der Waals surface area contributed by atoms with Gasteiger partial charge in [0, 0.05) is 6.04 Å². The van der Waals surface area contributed by atoms with Crippen LogP contribution < -0.4 is 10.5 Å². The zero-order chi connectivity index (χ0) is 15.1. The fourth-order valence-corrected chi connectivity index (χ4v) is 2.52. The Bertz CT molecular complexity index is 548. The third-order valence-corrected chi connectivity index (χ3v) is 3.64. The minimum atomic E-state index is 0.134. The van der Waals surface area contributed by atoms with Crippen molar-refractivity contribution in [3.63, 3.8) is 0 Å². The second-order valence-corrected chi connectivity index (χ2v) is 5.42. The predicted molar refractivity (Wildman–Crippen MR) is 88.8 cm³/mol. The number of nitrogens with two attached hydrogens (primary N) is 1. The summed E-state index contributed by atoms with van der Waals surface area (Å²) in [6, 6.07) is 17.1. The fraction of sp³-hybridized carbons (Fsp3) is 0.368. The van der Waals surface area contributed by atoms with Gasteiger partial charge in [0.15, 0.2) is 0 Å². The largest absolute Gasteiger partial charge is 0.494 e. The van der Waals surface area contributed by atoms with Gasteiger partial charge in [-0.3, -0.25) is 0 Å². The second-order valence-electron chi connectivity index (χ2n) is 5.42. The first-order chi connectivity index (χ1) is 10.2. The van der Waals surface area contributed by atoms with Gasteiger partial charge < -0.3 is 10.5 Å². The van der Waals surface area contributed by atoms with E-state index < -0.39 is 0 Å².